The van der Waals surface area contributed by atoms with Crippen molar-refractivity contribution in [3.8, 4) is 0 Å². The Morgan fingerprint density at radius 3 is 2.67 bits per heavy atom. The fraction of sp³-hybridized carbons (Fsp3) is 0.400. The van der Waals surface area contributed by atoms with Crippen LogP contribution >= 0.6 is 22.6 Å². The fourth-order valence-electron chi connectivity index (χ4n) is 1.38. The summed E-state index contributed by atoms with van der Waals surface area (Å²) in [5.41, 5.74) is 1.86. The predicted molar refractivity (Wildman–Crippen MR) is 57.0 cm³/mol. The van der Waals surface area contributed by atoms with Crippen LogP contribution in [0.25, 0.3) is 0 Å². The molecule has 1 aromatic rings. The van der Waals surface area contributed by atoms with Gasteiger partial charge in [0.15, 0.2) is 0 Å². The minimum atomic E-state index is -0.484. The summed E-state index contributed by atoms with van der Waals surface area (Å²) < 4.78 is 1.18. The van der Waals surface area contributed by atoms with Gasteiger partial charge in [-0.25, -0.2) is 0 Å². The van der Waals surface area contributed by atoms with Gasteiger partial charge in [0.1, 0.15) is 0 Å². The van der Waals surface area contributed by atoms with E-state index in [0.29, 0.717) is 0 Å². The van der Waals surface area contributed by atoms with Crippen molar-refractivity contribution in [2.24, 2.45) is 0 Å². The minimum Gasteiger partial charge on any atom is -0.385 e. The molecular formula is C10H11IO. The van der Waals surface area contributed by atoms with Gasteiger partial charge in [-0.15, -0.1) is 0 Å². The molecular weight excluding hydrogens is 263 g/mol. The summed E-state index contributed by atoms with van der Waals surface area (Å²) in [6.07, 6.45) is 1.85. The Labute approximate surface area is 85.9 Å². The summed E-state index contributed by atoms with van der Waals surface area (Å²) in [5, 5.41) is 9.90. The molecule has 0 aliphatic heterocycles. The molecule has 0 atom stereocenters. The molecule has 0 aromatic heterocycles. The first kappa shape index (κ1) is 8.51. The van der Waals surface area contributed by atoms with Crippen molar-refractivity contribution in [2.45, 2.75) is 25.4 Å². The van der Waals surface area contributed by atoms with Gasteiger partial charge >= 0.3 is 0 Å². The Morgan fingerprint density at radius 2 is 2.08 bits per heavy atom. The van der Waals surface area contributed by atoms with Gasteiger partial charge in [0.05, 0.1) is 5.60 Å². The van der Waals surface area contributed by atoms with Crippen LogP contribution in [0.5, 0.6) is 0 Å². The molecule has 1 fully saturated rings. The van der Waals surface area contributed by atoms with Crippen molar-refractivity contribution in [3.63, 3.8) is 0 Å². The summed E-state index contributed by atoms with van der Waals surface area (Å²) in [6.45, 7) is 2.06. The molecule has 0 heterocycles. The summed E-state index contributed by atoms with van der Waals surface area (Å²) in [5.74, 6) is 0. The monoisotopic (exact) mass is 274 g/mol. The zero-order chi connectivity index (χ0) is 8.77. The highest BCUT2D eigenvalue weighted by atomic mass is 127. The molecule has 1 nitrogen and oxygen atoms in total. The molecule has 0 spiro atoms. The Morgan fingerprint density at radius 1 is 1.42 bits per heavy atom. The largest absolute Gasteiger partial charge is 0.385 e. The van der Waals surface area contributed by atoms with E-state index in [9.17, 15) is 5.11 Å². The van der Waals surface area contributed by atoms with Crippen LogP contribution in [-0.4, -0.2) is 5.11 Å². The molecule has 1 aliphatic rings. The lowest BCUT2D eigenvalue weighted by Gasteiger charge is -2.10. The number of benzene rings is 1. The molecule has 0 unspecified atom stereocenters. The molecule has 2 heteroatoms. The van der Waals surface area contributed by atoms with Crippen LogP contribution in [-0.2, 0) is 5.60 Å². The van der Waals surface area contributed by atoms with Crippen molar-refractivity contribution in [3.05, 3.63) is 32.9 Å². The van der Waals surface area contributed by atoms with Gasteiger partial charge in [0, 0.05) is 3.57 Å². The number of hydrogen-bond donors (Lipinski definition) is 1. The first-order chi connectivity index (χ1) is 5.62. The van der Waals surface area contributed by atoms with E-state index in [1.54, 1.807) is 0 Å². The van der Waals surface area contributed by atoms with Crippen LogP contribution in [0, 0.1) is 10.5 Å². The summed E-state index contributed by atoms with van der Waals surface area (Å²) in [6, 6.07) is 6.24. The van der Waals surface area contributed by atoms with Crippen LogP contribution in [0.15, 0.2) is 18.2 Å². The van der Waals surface area contributed by atoms with Gasteiger partial charge < -0.3 is 5.11 Å². The zero-order valence-corrected chi connectivity index (χ0v) is 9.13. The molecule has 12 heavy (non-hydrogen) atoms. The number of aliphatic hydroxyl groups is 1. The quantitative estimate of drug-likeness (QED) is 0.780. The normalized spacial score (nSPS) is 19.2. The van der Waals surface area contributed by atoms with E-state index < -0.39 is 5.60 Å². The van der Waals surface area contributed by atoms with Gasteiger partial charge in [-0.2, -0.15) is 0 Å². The summed E-state index contributed by atoms with van der Waals surface area (Å²) in [4.78, 5) is 0. The van der Waals surface area contributed by atoms with E-state index in [2.05, 4.69) is 47.7 Å². The van der Waals surface area contributed by atoms with Crippen molar-refractivity contribution in [1.82, 2.24) is 0 Å². The van der Waals surface area contributed by atoms with Gasteiger partial charge in [-0.1, -0.05) is 17.7 Å². The van der Waals surface area contributed by atoms with Crippen LogP contribution in [0.1, 0.15) is 24.0 Å². The Hall–Kier alpha value is -0.0900. The molecule has 64 valence electrons. The van der Waals surface area contributed by atoms with E-state index >= 15 is 0 Å². The van der Waals surface area contributed by atoms with Crippen molar-refractivity contribution >= 4 is 22.6 Å². The van der Waals surface area contributed by atoms with Crippen molar-refractivity contribution < 1.29 is 5.11 Å². The van der Waals surface area contributed by atoms with Crippen molar-refractivity contribution in [2.75, 3.05) is 0 Å². The van der Waals surface area contributed by atoms with Crippen molar-refractivity contribution in [1.29, 1.82) is 0 Å². The number of aryl methyl sites for hydroxylation is 1. The standard InChI is InChI=1S/C10H11IO/c1-7-2-3-9(11)8(6-7)10(12)4-5-10/h2-3,6,12H,4-5H2,1H3. The highest BCUT2D eigenvalue weighted by Crippen LogP contribution is 2.46. The van der Waals surface area contributed by atoms with Gasteiger partial charge in [0.25, 0.3) is 0 Å². The van der Waals surface area contributed by atoms with Crippen LogP contribution < -0.4 is 0 Å². The maximum atomic E-state index is 9.90. The Balaban J connectivity index is 2.48. The van der Waals surface area contributed by atoms with E-state index in [-0.39, 0.29) is 0 Å². The van der Waals surface area contributed by atoms with E-state index in [0.717, 1.165) is 18.4 Å². The SMILES string of the molecule is Cc1ccc(I)c(C2(O)CC2)c1. The average Bonchev–Trinajstić information content (AvgIpc) is 2.75. The third-order valence-corrected chi connectivity index (χ3v) is 3.29. The number of rotatable bonds is 1. The first-order valence-electron chi connectivity index (χ1n) is 4.11. The smallest absolute Gasteiger partial charge is 0.0909 e. The lowest BCUT2D eigenvalue weighted by atomic mass is 10.1. The first-order valence-corrected chi connectivity index (χ1v) is 5.19. The maximum absolute atomic E-state index is 9.90. The van der Waals surface area contributed by atoms with Crippen LogP contribution in [0.4, 0.5) is 0 Å². The number of hydrogen-bond acceptors (Lipinski definition) is 1. The van der Waals surface area contributed by atoms with E-state index in [1.165, 1.54) is 9.13 Å². The fourth-order valence-corrected chi connectivity index (χ4v) is 2.22. The third kappa shape index (κ3) is 1.38. The predicted octanol–water partition coefficient (Wildman–Crippen LogP) is 2.58. The molecule has 1 aliphatic carbocycles. The second-order valence-electron chi connectivity index (χ2n) is 3.51. The van der Waals surface area contributed by atoms with Crippen LogP contribution in [0.2, 0.25) is 0 Å². The van der Waals surface area contributed by atoms with Crippen LogP contribution in [0.3, 0.4) is 0 Å². The van der Waals surface area contributed by atoms with E-state index in [4.69, 9.17) is 0 Å². The molecule has 0 amide bonds. The molecule has 0 radical (unpaired) electrons. The lowest BCUT2D eigenvalue weighted by molar-refractivity contribution is 0.150. The minimum absolute atomic E-state index is 0.484. The third-order valence-electron chi connectivity index (χ3n) is 2.35. The maximum Gasteiger partial charge on any atom is 0.0909 e. The Bertz CT molecular complexity index is 316. The molecule has 1 aromatic carbocycles. The highest BCUT2D eigenvalue weighted by Gasteiger charge is 2.43. The average molecular weight is 274 g/mol. The molecule has 1 saturated carbocycles. The zero-order valence-electron chi connectivity index (χ0n) is 6.97. The van der Waals surface area contributed by atoms with E-state index in [1.807, 2.05) is 0 Å². The van der Waals surface area contributed by atoms with Gasteiger partial charge in [0.2, 0.25) is 0 Å². The molecule has 0 bridgehead atoms. The van der Waals surface area contributed by atoms with Gasteiger partial charge in [-0.05, 0) is 54.0 Å². The van der Waals surface area contributed by atoms with Gasteiger partial charge in [-0.3, -0.25) is 0 Å². The Kier molecular flexibility index (Phi) is 1.92. The molecule has 0 saturated heterocycles. The summed E-state index contributed by atoms with van der Waals surface area (Å²) in [7, 11) is 0. The molecule has 1 N–H and O–H groups in total. The molecule has 2 rings (SSSR count). The second-order valence-corrected chi connectivity index (χ2v) is 4.68. The number of halogens is 1. The highest BCUT2D eigenvalue weighted by molar-refractivity contribution is 14.1. The second kappa shape index (κ2) is 2.70. The summed E-state index contributed by atoms with van der Waals surface area (Å²) >= 11 is 2.28. The topological polar surface area (TPSA) is 20.2 Å². The lowest BCUT2D eigenvalue weighted by Crippen LogP contribution is -2.06.